The average molecular weight is 422 g/mol. The van der Waals surface area contributed by atoms with E-state index in [-0.39, 0.29) is 40.9 Å². The average Bonchev–Trinajstić information content (AvgIpc) is 3.04. The minimum absolute atomic E-state index is 0.0212. The van der Waals surface area contributed by atoms with Crippen LogP contribution >= 0.6 is 0 Å². The fourth-order valence-corrected chi connectivity index (χ4v) is 6.25. The molecule has 0 N–H and O–H groups in total. The fraction of sp³-hybridized carbons (Fsp3) is 0.310. The van der Waals surface area contributed by atoms with Gasteiger partial charge in [0.2, 0.25) is 11.8 Å². The van der Waals surface area contributed by atoms with Gasteiger partial charge in [-0.05, 0) is 51.8 Å². The summed E-state index contributed by atoms with van der Waals surface area (Å²) in [5, 5.41) is 0. The molecular formula is C29H27NO2. The Balaban J connectivity index is 1.58. The number of carbonyl (C=O) groups excluding carboxylic acids is 2. The minimum atomic E-state index is -0.343. The van der Waals surface area contributed by atoms with Crippen molar-refractivity contribution in [1.82, 2.24) is 0 Å². The second-order valence-electron chi connectivity index (χ2n) is 10.5. The monoisotopic (exact) mass is 421 g/mol. The summed E-state index contributed by atoms with van der Waals surface area (Å²) < 4.78 is 0. The van der Waals surface area contributed by atoms with Gasteiger partial charge in [-0.1, -0.05) is 81.4 Å². The van der Waals surface area contributed by atoms with Crippen molar-refractivity contribution in [1.29, 1.82) is 0 Å². The zero-order valence-corrected chi connectivity index (χ0v) is 18.9. The van der Waals surface area contributed by atoms with Crippen LogP contribution < -0.4 is 4.90 Å². The summed E-state index contributed by atoms with van der Waals surface area (Å²) >= 11 is 0. The predicted octanol–water partition coefficient (Wildman–Crippen LogP) is 5.69. The van der Waals surface area contributed by atoms with Crippen molar-refractivity contribution < 1.29 is 9.59 Å². The summed E-state index contributed by atoms with van der Waals surface area (Å²) in [5.74, 6) is -0.936. The third-order valence-electron chi connectivity index (χ3n) is 7.76. The first-order chi connectivity index (χ1) is 15.3. The molecule has 1 fully saturated rings. The molecule has 7 rings (SSSR count). The van der Waals surface area contributed by atoms with Gasteiger partial charge in [0.15, 0.2) is 0 Å². The van der Waals surface area contributed by atoms with Gasteiger partial charge in [-0.25, -0.2) is 4.90 Å². The van der Waals surface area contributed by atoms with Crippen LogP contribution in [0.5, 0.6) is 0 Å². The number of hydrogen-bond donors (Lipinski definition) is 0. The molecule has 0 radical (unpaired) electrons. The largest absolute Gasteiger partial charge is 0.274 e. The standard InChI is InChI=1S/C29H27NO2/c1-16-9-5-8-12-22(16)30-27(31)25-23-18-10-6-7-11-19(18)24(26(25)28(30)32)21-15-17(29(2,3)4)13-14-20(21)23/h5-15,23-26H,1-4H3. The van der Waals surface area contributed by atoms with Gasteiger partial charge in [0.25, 0.3) is 0 Å². The molecule has 3 nitrogen and oxygen atoms in total. The summed E-state index contributed by atoms with van der Waals surface area (Å²) in [7, 11) is 0. The lowest BCUT2D eigenvalue weighted by atomic mass is 9.54. The van der Waals surface area contributed by atoms with Gasteiger partial charge in [-0.3, -0.25) is 9.59 Å². The topological polar surface area (TPSA) is 37.4 Å². The Morgan fingerprint density at radius 3 is 1.81 bits per heavy atom. The van der Waals surface area contributed by atoms with Gasteiger partial charge in [0.05, 0.1) is 17.5 Å². The van der Waals surface area contributed by atoms with E-state index in [1.54, 1.807) is 0 Å². The first-order valence-electron chi connectivity index (χ1n) is 11.5. The number of para-hydroxylation sites is 1. The molecule has 2 amide bonds. The minimum Gasteiger partial charge on any atom is -0.274 e. The van der Waals surface area contributed by atoms with Gasteiger partial charge < -0.3 is 0 Å². The van der Waals surface area contributed by atoms with Gasteiger partial charge in [0, 0.05) is 11.8 Å². The predicted molar refractivity (Wildman–Crippen MR) is 126 cm³/mol. The fourth-order valence-electron chi connectivity index (χ4n) is 6.25. The lowest BCUT2D eigenvalue weighted by Crippen LogP contribution is -2.41. The number of carbonyl (C=O) groups is 2. The van der Waals surface area contributed by atoms with Crippen LogP contribution in [-0.4, -0.2) is 11.8 Å². The van der Waals surface area contributed by atoms with Crippen molar-refractivity contribution in [3.63, 3.8) is 0 Å². The highest BCUT2D eigenvalue weighted by Gasteiger charge is 2.62. The molecule has 1 saturated heterocycles. The number of aryl methyl sites for hydroxylation is 1. The summed E-state index contributed by atoms with van der Waals surface area (Å²) in [5.41, 5.74) is 7.83. The van der Waals surface area contributed by atoms with Gasteiger partial charge in [0.1, 0.15) is 0 Å². The van der Waals surface area contributed by atoms with E-state index >= 15 is 0 Å². The number of amides is 2. The summed E-state index contributed by atoms with van der Waals surface area (Å²) in [4.78, 5) is 29.2. The number of benzene rings is 3. The van der Waals surface area contributed by atoms with E-state index in [9.17, 15) is 9.59 Å². The Morgan fingerprint density at radius 2 is 1.22 bits per heavy atom. The summed E-state index contributed by atoms with van der Waals surface area (Å²) in [6.45, 7) is 8.62. The van der Waals surface area contributed by atoms with E-state index in [4.69, 9.17) is 0 Å². The molecule has 4 atom stereocenters. The van der Waals surface area contributed by atoms with Crippen LogP contribution in [0.3, 0.4) is 0 Å². The molecule has 3 aromatic rings. The maximum absolute atomic E-state index is 13.9. The quantitative estimate of drug-likeness (QED) is 0.474. The van der Waals surface area contributed by atoms with E-state index in [0.29, 0.717) is 0 Å². The van der Waals surface area contributed by atoms with Crippen LogP contribution in [-0.2, 0) is 15.0 Å². The Labute approximate surface area is 189 Å². The van der Waals surface area contributed by atoms with Crippen LogP contribution in [0.15, 0.2) is 66.7 Å². The van der Waals surface area contributed by atoms with Crippen molar-refractivity contribution in [2.24, 2.45) is 11.8 Å². The van der Waals surface area contributed by atoms with E-state index in [2.05, 4.69) is 63.2 Å². The van der Waals surface area contributed by atoms with Crippen molar-refractivity contribution in [2.75, 3.05) is 4.90 Å². The van der Waals surface area contributed by atoms with Crippen LogP contribution in [0.2, 0.25) is 0 Å². The van der Waals surface area contributed by atoms with Crippen molar-refractivity contribution in [2.45, 2.75) is 44.9 Å². The zero-order chi connectivity index (χ0) is 22.4. The lowest BCUT2D eigenvalue weighted by molar-refractivity contribution is -0.122. The van der Waals surface area contributed by atoms with Crippen LogP contribution in [0.1, 0.15) is 66.0 Å². The molecule has 4 unspecified atom stereocenters. The van der Waals surface area contributed by atoms with Crippen LogP contribution in [0, 0.1) is 18.8 Å². The molecular weight excluding hydrogens is 394 g/mol. The number of imide groups is 1. The van der Waals surface area contributed by atoms with Crippen molar-refractivity contribution in [3.8, 4) is 0 Å². The number of nitrogens with zero attached hydrogens (tertiary/aromatic N) is 1. The Bertz CT molecular complexity index is 1300. The molecule has 0 saturated carbocycles. The smallest absolute Gasteiger partial charge is 0.238 e. The molecule has 1 heterocycles. The maximum Gasteiger partial charge on any atom is 0.238 e. The van der Waals surface area contributed by atoms with E-state index < -0.39 is 0 Å². The Hall–Kier alpha value is -3.20. The first kappa shape index (κ1) is 19.5. The highest BCUT2D eigenvalue weighted by molar-refractivity contribution is 6.23. The molecule has 1 aliphatic heterocycles. The normalized spacial score (nSPS) is 25.6. The molecule has 0 spiro atoms. The Morgan fingerprint density at radius 1 is 0.688 bits per heavy atom. The molecule has 32 heavy (non-hydrogen) atoms. The number of anilines is 1. The molecule has 0 aromatic heterocycles. The number of hydrogen-bond acceptors (Lipinski definition) is 2. The molecule has 2 bridgehead atoms. The van der Waals surface area contributed by atoms with Gasteiger partial charge >= 0.3 is 0 Å². The molecule has 4 aliphatic rings. The van der Waals surface area contributed by atoms with E-state index in [1.165, 1.54) is 32.7 Å². The maximum atomic E-state index is 13.9. The molecule has 160 valence electrons. The lowest BCUT2D eigenvalue weighted by Gasteiger charge is -2.46. The van der Waals surface area contributed by atoms with Gasteiger partial charge in [-0.15, -0.1) is 0 Å². The molecule has 3 heteroatoms. The number of rotatable bonds is 1. The second kappa shape index (κ2) is 6.41. The highest BCUT2D eigenvalue weighted by atomic mass is 16.2. The highest BCUT2D eigenvalue weighted by Crippen LogP contribution is 2.61. The second-order valence-corrected chi connectivity index (χ2v) is 10.5. The van der Waals surface area contributed by atoms with Crippen molar-refractivity contribution >= 4 is 17.5 Å². The molecule has 3 aromatic carbocycles. The third kappa shape index (κ3) is 2.42. The molecule has 3 aliphatic carbocycles. The first-order valence-corrected chi connectivity index (χ1v) is 11.5. The summed E-state index contributed by atoms with van der Waals surface area (Å²) in [6.07, 6.45) is 0. The Kier molecular flexibility index (Phi) is 3.90. The van der Waals surface area contributed by atoms with E-state index in [0.717, 1.165) is 11.3 Å². The van der Waals surface area contributed by atoms with Crippen LogP contribution in [0.4, 0.5) is 5.69 Å². The zero-order valence-electron chi connectivity index (χ0n) is 18.9. The SMILES string of the molecule is Cc1ccccc1N1C(=O)C2C3c4ccccc4C(c4cc(C(C)(C)C)ccc43)C2C1=O. The van der Waals surface area contributed by atoms with Crippen molar-refractivity contribution in [3.05, 3.63) is 100 Å². The van der Waals surface area contributed by atoms with Crippen LogP contribution in [0.25, 0.3) is 0 Å². The van der Waals surface area contributed by atoms with Gasteiger partial charge in [-0.2, -0.15) is 0 Å². The third-order valence-corrected chi connectivity index (χ3v) is 7.76. The summed E-state index contributed by atoms with van der Waals surface area (Å²) in [6, 6.07) is 22.8. The van der Waals surface area contributed by atoms with E-state index in [1.807, 2.05) is 31.2 Å².